The SMILES string of the molecule is CC1CCN(CC(=O)NCc2cccc(Cl)c2)CC1. The molecule has 0 bridgehead atoms. The highest BCUT2D eigenvalue weighted by molar-refractivity contribution is 6.30. The van der Waals surface area contributed by atoms with Gasteiger partial charge in [0.1, 0.15) is 0 Å². The van der Waals surface area contributed by atoms with E-state index in [2.05, 4.69) is 17.1 Å². The highest BCUT2D eigenvalue weighted by Gasteiger charge is 2.17. The zero-order valence-electron chi connectivity index (χ0n) is 11.4. The van der Waals surface area contributed by atoms with Gasteiger partial charge in [0, 0.05) is 11.6 Å². The number of likely N-dealkylation sites (tertiary alicyclic amines) is 1. The highest BCUT2D eigenvalue weighted by Crippen LogP contribution is 2.15. The third-order valence-corrected chi connectivity index (χ3v) is 3.86. The van der Waals surface area contributed by atoms with Crippen LogP contribution in [0.15, 0.2) is 24.3 Å². The molecule has 104 valence electrons. The maximum absolute atomic E-state index is 11.9. The van der Waals surface area contributed by atoms with Gasteiger partial charge in [-0.15, -0.1) is 0 Å². The summed E-state index contributed by atoms with van der Waals surface area (Å²) in [6, 6.07) is 7.58. The summed E-state index contributed by atoms with van der Waals surface area (Å²) in [6.07, 6.45) is 2.39. The number of carbonyl (C=O) groups excluding carboxylic acids is 1. The lowest BCUT2D eigenvalue weighted by atomic mass is 9.99. The van der Waals surface area contributed by atoms with Crippen LogP contribution < -0.4 is 5.32 Å². The molecule has 19 heavy (non-hydrogen) atoms. The predicted octanol–water partition coefficient (Wildman–Crippen LogP) is 2.69. The molecule has 1 amide bonds. The first-order valence-electron chi connectivity index (χ1n) is 6.87. The van der Waals surface area contributed by atoms with Crippen LogP contribution in [-0.4, -0.2) is 30.4 Å². The van der Waals surface area contributed by atoms with Gasteiger partial charge in [-0.25, -0.2) is 0 Å². The van der Waals surface area contributed by atoms with E-state index in [0.29, 0.717) is 18.1 Å². The first kappa shape index (κ1) is 14.4. The van der Waals surface area contributed by atoms with E-state index < -0.39 is 0 Å². The van der Waals surface area contributed by atoms with Crippen LogP contribution in [0.1, 0.15) is 25.3 Å². The minimum Gasteiger partial charge on any atom is -0.351 e. The summed E-state index contributed by atoms with van der Waals surface area (Å²) in [4.78, 5) is 14.1. The monoisotopic (exact) mass is 280 g/mol. The van der Waals surface area contributed by atoms with Crippen LogP contribution in [0.4, 0.5) is 0 Å². The van der Waals surface area contributed by atoms with Crippen molar-refractivity contribution in [3.63, 3.8) is 0 Å². The number of halogens is 1. The maximum Gasteiger partial charge on any atom is 0.234 e. The minimum absolute atomic E-state index is 0.0922. The van der Waals surface area contributed by atoms with Crippen LogP contribution in [0, 0.1) is 5.92 Å². The van der Waals surface area contributed by atoms with E-state index in [9.17, 15) is 4.79 Å². The summed E-state index contributed by atoms with van der Waals surface area (Å²) in [5.41, 5.74) is 1.04. The van der Waals surface area contributed by atoms with E-state index in [1.54, 1.807) is 0 Å². The molecule has 2 rings (SSSR count). The molecular weight excluding hydrogens is 260 g/mol. The summed E-state index contributed by atoms with van der Waals surface area (Å²) >= 11 is 5.91. The predicted molar refractivity (Wildman–Crippen MR) is 78.1 cm³/mol. The van der Waals surface area contributed by atoms with Gasteiger partial charge in [-0.3, -0.25) is 9.69 Å². The Labute approximate surface area is 119 Å². The number of carbonyl (C=O) groups is 1. The van der Waals surface area contributed by atoms with Gasteiger partial charge in [-0.2, -0.15) is 0 Å². The fourth-order valence-corrected chi connectivity index (χ4v) is 2.54. The van der Waals surface area contributed by atoms with Crippen LogP contribution in [0.25, 0.3) is 0 Å². The molecular formula is C15H21ClN2O. The molecule has 0 aliphatic carbocycles. The molecule has 3 nitrogen and oxygen atoms in total. The van der Waals surface area contributed by atoms with Crippen molar-refractivity contribution < 1.29 is 4.79 Å². The normalized spacial score (nSPS) is 17.4. The van der Waals surface area contributed by atoms with Gasteiger partial charge in [-0.1, -0.05) is 30.7 Å². The number of hydrogen-bond donors (Lipinski definition) is 1. The van der Waals surface area contributed by atoms with Crippen molar-refractivity contribution >= 4 is 17.5 Å². The molecule has 4 heteroatoms. The van der Waals surface area contributed by atoms with E-state index >= 15 is 0 Å². The van der Waals surface area contributed by atoms with E-state index in [0.717, 1.165) is 24.6 Å². The Bertz CT molecular complexity index is 428. The van der Waals surface area contributed by atoms with Crippen molar-refractivity contribution in [2.24, 2.45) is 5.92 Å². The summed E-state index contributed by atoms with van der Waals surface area (Å²) < 4.78 is 0. The lowest BCUT2D eigenvalue weighted by molar-refractivity contribution is -0.122. The Morgan fingerprint density at radius 3 is 2.84 bits per heavy atom. The fraction of sp³-hybridized carbons (Fsp3) is 0.533. The minimum atomic E-state index is 0.0922. The molecule has 0 atom stereocenters. The summed E-state index contributed by atoms with van der Waals surface area (Å²) in [7, 11) is 0. The average molecular weight is 281 g/mol. The van der Waals surface area contributed by atoms with Gasteiger partial charge in [0.2, 0.25) is 5.91 Å². The fourth-order valence-electron chi connectivity index (χ4n) is 2.33. The summed E-state index contributed by atoms with van der Waals surface area (Å²) in [5, 5.41) is 3.65. The van der Waals surface area contributed by atoms with Crippen molar-refractivity contribution in [3.05, 3.63) is 34.9 Å². The highest BCUT2D eigenvalue weighted by atomic mass is 35.5. The molecule has 0 unspecified atom stereocenters. The second-order valence-electron chi connectivity index (χ2n) is 5.37. The molecule has 1 aliphatic heterocycles. The van der Waals surface area contributed by atoms with Crippen LogP contribution in [0.3, 0.4) is 0 Å². The molecule has 0 spiro atoms. The standard InChI is InChI=1S/C15H21ClN2O/c1-12-5-7-18(8-6-12)11-15(19)17-10-13-3-2-4-14(16)9-13/h2-4,9,12H,5-8,10-11H2,1H3,(H,17,19). The van der Waals surface area contributed by atoms with Crippen molar-refractivity contribution in [3.8, 4) is 0 Å². The smallest absolute Gasteiger partial charge is 0.234 e. The summed E-state index contributed by atoms with van der Waals surface area (Å²) in [5.74, 6) is 0.889. The van der Waals surface area contributed by atoms with Gasteiger partial charge in [0.15, 0.2) is 0 Å². The Morgan fingerprint density at radius 1 is 1.42 bits per heavy atom. The topological polar surface area (TPSA) is 32.3 Å². The Kier molecular flexibility index (Phi) is 5.23. The second-order valence-corrected chi connectivity index (χ2v) is 5.80. The summed E-state index contributed by atoms with van der Waals surface area (Å²) in [6.45, 7) is 5.39. The first-order valence-corrected chi connectivity index (χ1v) is 7.25. The first-order chi connectivity index (χ1) is 9.13. The Morgan fingerprint density at radius 2 is 2.16 bits per heavy atom. The average Bonchev–Trinajstić information content (AvgIpc) is 2.39. The van der Waals surface area contributed by atoms with Gasteiger partial charge in [0.25, 0.3) is 0 Å². The number of piperidine rings is 1. The molecule has 1 fully saturated rings. The van der Waals surface area contributed by atoms with E-state index in [1.165, 1.54) is 12.8 Å². The van der Waals surface area contributed by atoms with E-state index in [1.807, 2.05) is 24.3 Å². The van der Waals surface area contributed by atoms with Gasteiger partial charge in [-0.05, 0) is 49.5 Å². The number of hydrogen-bond acceptors (Lipinski definition) is 2. The van der Waals surface area contributed by atoms with Crippen LogP contribution in [-0.2, 0) is 11.3 Å². The quantitative estimate of drug-likeness (QED) is 0.920. The van der Waals surface area contributed by atoms with Crippen molar-refractivity contribution in [1.82, 2.24) is 10.2 Å². The van der Waals surface area contributed by atoms with Crippen molar-refractivity contribution in [2.45, 2.75) is 26.3 Å². The lowest BCUT2D eigenvalue weighted by Crippen LogP contribution is -2.41. The number of rotatable bonds is 4. The molecule has 1 aromatic rings. The molecule has 0 radical (unpaired) electrons. The van der Waals surface area contributed by atoms with Gasteiger partial charge < -0.3 is 5.32 Å². The van der Waals surface area contributed by atoms with E-state index in [-0.39, 0.29) is 5.91 Å². The zero-order valence-corrected chi connectivity index (χ0v) is 12.1. The second kappa shape index (κ2) is 6.92. The molecule has 1 aliphatic rings. The largest absolute Gasteiger partial charge is 0.351 e. The number of amides is 1. The molecule has 1 heterocycles. The Hall–Kier alpha value is -1.06. The number of nitrogens with zero attached hydrogens (tertiary/aromatic N) is 1. The lowest BCUT2D eigenvalue weighted by Gasteiger charge is -2.29. The molecule has 1 aromatic carbocycles. The van der Waals surface area contributed by atoms with Gasteiger partial charge >= 0.3 is 0 Å². The Balaban J connectivity index is 1.73. The maximum atomic E-state index is 11.9. The third-order valence-electron chi connectivity index (χ3n) is 3.62. The molecule has 1 N–H and O–H groups in total. The third kappa shape index (κ3) is 4.84. The molecule has 0 aromatic heterocycles. The van der Waals surface area contributed by atoms with Crippen LogP contribution >= 0.6 is 11.6 Å². The zero-order chi connectivity index (χ0) is 13.7. The van der Waals surface area contributed by atoms with Crippen molar-refractivity contribution in [1.29, 1.82) is 0 Å². The molecule has 0 saturated carbocycles. The number of nitrogens with one attached hydrogen (secondary N) is 1. The molecule has 1 saturated heterocycles. The van der Waals surface area contributed by atoms with Gasteiger partial charge in [0.05, 0.1) is 6.54 Å². The van der Waals surface area contributed by atoms with Crippen LogP contribution in [0.2, 0.25) is 5.02 Å². The van der Waals surface area contributed by atoms with E-state index in [4.69, 9.17) is 11.6 Å². The number of benzene rings is 1. The van der Waals surface area contributed by atoms with Crippen LogP contribution in [0.5, 0.6) is 0 Å². The van der Waals surface area contributed by atoms with Crippen molar-refractivity contribution in [2.75, 3.05) is 19.6 Å².